The van der Waals surface area contributed by atoms with E-state index in [-0.39, 0.29) is 18.0 Å². The van der Waals surface area contributed by atoms with Gasteiger partial charge >= 0.3 is 6.09 Å². The third kappa shape index (κ3) is 4.34. The van der Waals surface area contributed by atoms with Crippen LogP contribution in [-0.2, 0) is 9.63 Å². The fourth-order valence-corrected chi connectivity index (χ4v) is 2.56. The first-order valence-electron chi connectivity index (χ1n) is 6.18. The molecule has 0 saturated heterocycles. The van der Waals surface area contributed by atoms with Gasteiger partial charge in [-0.2, -0.15) is 0 Å². The Kier molecular flexibility index (Phi) is 5.53. The third-order valence-electron chi connectivity index (χ3n) is 2.62. The van der Waals surface area contributed by atoms with Crippen LogP contribution in [0.25, 0.3) is 0 Å². The molecule has 1 heterocycles. The topological polar surface area (TPSA) is 61.9 Å². The van der Waals surface area contributed by atoms with Gasteiger partial charge < -0.3 is 14.6 Å². The van der Waals surface area contributed by atoms with Crippen molar-refractivity contribution in [3.63, 3.8) is 0 Å². The van der Waals surface area contributed by atoms with Gasteiger partial charge in [-0.3, -0.25) is 4.79 Å². The Hall–Kier alpha value is -1.37. The van der Waals surface area contributed by atoms with E-state index in [0.717, 1.165) is 0 Å². The van der Waals surface area contributed by atoms with E-state index < -0.39 is 6.09 Å². The zero-order valence-corrected chi connectivity index (χ0v) is 12.8. The number of amides is 2. The zero-order chi connectivity index (χ0) is 14.6. The molecule has 1 rings (SSSR count). The molecular formula is C12H21N3O3S. The van der Waals surface area contributed by atoms with Crippen molar-refractivity contribution in [2.45, 2.75) is 39.8 Å². The second kappa shape index (κ2) is 6.70. The summed E-state index contributed by atoms with van der Waals surface area (Å²) in [6.07, 6.45) is 1.19. The molecule has 2 amide bonds. The Morgan fingerprint density at radius 3 is 2.47 bits per heavy atom. The summed E-state index contributed by atoms with van der Waals surface area (Å²) in [7, 11) is 1.67. The largest absolute Gasteiger partial charge is 0.434 e. The Bertz CT molecular complexity index is 374. The third-order valence-corrected chi connectivity index (χ3v) is 3.51. The monoisotopic (exact) mass is 287 g/mol. The SMILES string of the molecule is CC(C)N(C(=O)ONC1=CN(C)C(=O)CS1)C(C)C. The molecule has 108 valence electrons. The van der Waals surface area contributed by atoms with Crippen LogP contribution in [-0.4, -0.2) is 46.7 Å². The van der Waals surface area contributed by atoms with Crippen molar-refractivity contribution < 1.29 is 14.4 Å². The molecule has 0 radical (unpaired) electrons. The van der Waals surface area contributed by atoms with Gasteiger partial charge in [-0.25, -0.2) is 10.3 Å². The molecule has 19 heavy (non-hydrogen) atoms. The zero-order valence-electron chi connectivity index (χ0n) is 12.0. The van der Waals surface area contributed by atoms with Crippen molar-refractivity contribution in [3.8, 4) is 0 Å². The van der Waals surface area contributed by atoms with Gasteiger partial charge in [-0.15, -0.1) is 0 Å². The molecule has 0 saturated carbocycles. The van der Waals surface area contributed by atoms with E-state index in [1.165, 1.54) is 16.7 Å². The Labute approximate surface area is 118 Å². The molecule has 0 spiro atoms. The first kappa shape index (κ1) is 15.7. The first-order chi connectivity index (χ1) is 8.82. The molecule has 1 N–H and O–H groups in total. The lowest BCUT2D eigenvalue weighted by Crippen LogP contribution is -2.44. The van der Waals surface area contributed by atoms with E-state index >= 15 is 0 Å². The van der Waals surface area contributed by atoms with Crippen molar-refractivity contribution in [2.75, 3.05) is 12.8 Å². The van der Waals surface area contributed by atoms with E-state index in [1.54, 1.807) is 18.1 Å². The number of hydroxylamine groups is 1. The fraction of sp³-hybridized carbons (Fsp3) is 0.667. The van der Waals surface area contributed by atoms with Crippen LogP contribution in [0.3, 0.4) is 0 Å². The Morgan fingerprint density at radius 2 is 2.00 bits per heavy atom. The molecule has 0 fully saturated rings. The Balaban J connectivity index is 2.54. The van der Waals surface area contributed by atoms with Crippen LogP contribution in [0.2, 0.25) is 0 Å². The number of carbonyl (C=O) groups excluding carboxylic acids is 2. The van der Waals surface area contributed by atoms with Crippen LogP contribution in [0.4, 0.5) is 4.79 Å². The number of nitrogens with zero attached hydrogens (tertiary/aromatic N) is 2. The summed E-state index contributed by atoms with van der Waals surface area (Å²) in [6, 6.07) is 0.123. The highest BCUT2D eigenvalue weighted by Gasteiger charge is 2.23. The van der Waals surface area contributed by atoms with Gasteiger partial charge in [0.2, 0.25) is 5.91 Å². The fourth-order valence-electron chi connectivity index (χ4n) is 1.75. The summed E-state index contributed by atoms with van der Waals surface area (Å²) >= 11 is 1.31. The van der Waals surface area contributed by atoms with Crippen LogP contribution >= 0.6 is 11.8 Å². The van der Waals surface area contributed by atoms with Crippen molar-refractivity contribution in [2.24, 2.45) is 0 Å². The van der Waals surface area contributed by atoms with E-state index in [1.807, 2.05) is 27.7 Å². The number of rotatable bonds is 4. The predicted octanol–water partition coefficient (Wildman–Crippen LogP) is 1.75. The van der Waals surface area contributed by atoms with Gasteiger partial charge in [-0.05, 0) is 27.7 Å². The maximum absolute atomic E-state index is 11.9. The van der Waals surface area contributed by atoms with Crippen LogP contribution in [0, 0.1) is 0 Å². The molecule has 0 aromatic rings. The van der Waals surface area contributed by atoms with Gasteiger partial charge in [-0.1, -0.05) is 11.8 Å². The van der Waals surface area contributed by atoms with Crippen molar-refractivity contribution >= 4 is 23.8 Å². The highest BCUT2D eigenvalue weighted by Crippen LogP contribution is 2.19. The molecule has 0 aromatic heterocycles. The molecule has 1 aliphatic heterocycles. The summed E-state index contributed by atoms with van der Waals surface area (Å²) in [5, 5.41) is 0.642. The molecular weight excluding hydrogens is 266 g/mol. The minimum atomic E-state index is -0.425. The number of nitrogens with one attached hydrogen (secondary N) is 1. The molecule has 7 heteroatoms. The second-order valence-electron chi connectivity index (χ2n) is 4.85. The minimum absolute atomic E-state index is 0.0212. The summed E-state index contributed by atoms with van der Waals surface area (Å²) in [4.78, 5) is 31.4. The van der Waals surface area contributed by atoms with Crippen molar-refractivity contribution in [3.05, 3.63) is 11.2 Å². The van der Waals surface area contributed by atoms with E-state index in [4.69, 9.17) is 4.84 Å². The van der Waals surface area contributed by atoms with Gasteiger partial charge in [0.15, 0.2) is 0 Å². The lowest BCUT2D eigenvalue weighted by Gasteiger charge is -2.29. The van der Waals surface area contributed by atoms with Crippen LogP contribution < -0.4 is 5.48 Å². The lowest BCUT2D eigenvalue weighted by molar-refractivity contribution is -0.125. The number of hydrogen-bond donors (Lipinski definition) is 1. The minimum Gasteiger partial charge on any atom is -0.324 e. The summed E-state index contributed by atoms with van der Waals surface area (Å²) in [6.45, 7) is 7.73. The molecule has 0 aliphatic carbocycles. The van der Waals surface area contributed by atoms with E-state index in [2.05, 4.69) is 5.48 Å². The predicted molar refractivity (Wildman–Crippen MR) is 75.0 cm³/mol. The van der Waals surface area contributed by atoms with Crippen LogP contribution in [0.5, 0.6) is 0 Å². The Morgan fingerprint density at radius 1 is 1.42 bits per heavy atom. The number of thioether (sulfide) groups is 1. The van der Waals surface area contributed by atoms with Crippen molar-refractivity contribution in [1.29, 1.82) is 0 Å². The second-order valence-corrected chi connectivity index (χ2v) is 5.87. The van der Waals surface area contributed by atoms with Gasteiger partial charge in [0, 0.05) is 25.3 Å². The molecule has 6 nitrogen and oxygen atoms in total. The molecule has 0 unspecified atom stereocenters. The summed E-state index contributed by atoms with van der Waals surface area (Å²) < 4.78 is 0. The normalized spacial score (nSPS) is 15.6. The average molecular weight is 287 g/mol. The van der Waals surface area contributed by atoms with Crippen LogP contribution in [0.15, 0.2) is 11.2 Å². The molecule has 0 atom stereocenters. The number of hydrogen-bond acceptors (Lipinski definition) is 5. The standard InChI is InChI=1S/C12H21N3O3S/c1-8(2)15(9(3)4)12(17)18-13-10-6-14(5)11(16)7-19-10/h6,8-9,13H,7H2,1-5H3. The maximum atomic E-state index is 11.9. The van der Waals surface area contributed by atoms with Crippen LogP contribution in [0.1, 0.15) is 27.7 Å². The molecule has 0 aromatic carbocycles. The molecule has 1 aliphatic rings. The van der Waals surface area contributed by atoms with Gasteiger partial charge in [0.1, 0.15) is 5.03 Å². The maximum Gasteiger partial charge on any atom is 0.434 e. The smallest absolute Gasteiger partial charge is 0.324 e. The summed E-state index contributed by atoms with van der Waals surface area (Å²) in [5.74, 6) is 0.359. The summed E-state index contributed by atoms with van der Waals surface area (Å²) in [5.41, 5.74) is 2.60. The highest BCUT2D eigenvalue weighted by molar-refractivity contribution is 8.03. The lowest BCUT2D eigenvalue weighted by atomic mass is 10.2. The van der Waals surface area contributed by atoms with Gasteiger partial charge in [0.25, 0.3) is 0 Å². The highest BCUT2D eigenvalue weighted by atomic mass is 32.2. The van der Waals surface area contributed by atoms with E-state index in [0.29, 0.717) is 10.8 Å². The van der Waals surface area contributed by atoms with Crippen molar-refractivity contribution in [1.82, 2.24) is 15.3 Å². The number of carbonyl (C=O) groups is 2. The van der Waals surface area contributed by atoms with E-state index in [9.17, 15) is 9.59 Å². The quantitative estimate of drug-likeness (QED) is 0.798. The molecule has 0 bridgehead atoms. The van der Waals surface area contributed by atoms with Gasteiger partial charge in [0.05, 0.1) is 5.75 Å². The average Bonchev–Trinajstić information content (AvgIpc) is 2.29. The first-order valence-corrected chi connectivity index (χ1v) is 7.17.